The third-order valence-electron chi connectivity index (χ3n) is 5.20. The van der Waals surface area contributed by atoms with Crippen molar-refractivity contribution >= 4 is 11.8 Å². The quantitative estimate of drug-likeness (QED) is 0.532. The molecule has 3 rings (SSSR count). The van der Waals surface area contributed by atoms with Gasteiger partial charge in [0.15, 0.2) is 0 Å². The van der Waals surface area contributed by atoms with Crippen molar-refractivity contribution in [2.75, 3.05) is 11.9 Å². The highest BCUT2D eigenvalue weighted by molar-refractivity contribution is 5.86. The molecular formula is C23H30F3N3O4. The number of aromatic nitrogens is 2. The molecule has 0 aliphatic heterocycles. The molecule has 1 aliphatic rings. The number of nitrogens with one attached hydrogen (secondary N) is 1. The molecule has 1 N–H and O–H groups in total. The molecule has 10 heteroatoms. The Morgan fingerprint density at radius 1 is 1.12 bits per heavy atom. The Morgan fingerprint density at radius 3 is 2.39 bits per heavy atom. The summed E-state index contributed by atoms with van der Waals surface area (Å²) in [5.41, 5.74) is 0.131. The highest BCUT2D eigenvalue weighted by Gasteiger charge is 2.35. The molecule has 0 atom stereocenters. The molecule has 0 radical (unpaired) electrons. The fraction of sp³-hybridized carbons (Fsp3) is 0.565. The van der Waals surface area contributed by atoms with Gasteiger partial charge < -0.3 is 14.2 Å². The molecule has 1 heterocycles. The van der Waals surface area contributed by atoms with Crippen molar-refractivity contribution in [3.8, 4) is 5.88 Å². The second-order valence-electron chi connectivity index (χ2n) is 9.18. The second kappa shape index (κ2) is 10.5. The van der Waals surface area contributed by atoms with E-state index in [1.165, 1.54) is 10.9 Å². The molecule has 0 bridgehead atoms. The number of benzene rings is 1. The lowest BCUT2D eigenvalue weighted by molar-refractivity contribution is -0.276. The van der Waals surface area contributed by atoms with Crippen LogP contribution in [0.2, 0.25) is 0 Å². The Kier molecular flexibility index (Phi) is 7.88. The second-order valence-corrected chi connectivity index (χ2v) is 9.18. The number of alkyl halides is 3. The lowest BCUT2D eigenvalue weighted by Crippen LogP contribution is -2.27. The van der Waals surface area contributed by atoms with E-state index in [1.807, 2.05) is 30.3 Å². The van der Waals surface area contributed by atoms with E-state index in [0.29, 0.717) is 19.1 Å². The molecule has 1 amide bonds. The summed E-state index contributed by atoms with van der Waals surface area (Å²) in [6, 6.07) is 9.82. The van der Waals surface area contributed by atoms with Crippen LogP contribution in [0.4, 0.5) is 23.7 Å². The van der Waals surface area contributed by atoms with Gasteiger partial charge in [-0.15, -0.1) is 18.3 Å². The van der Waals surface area contributed by atoms with E-state index in [9.17, 15) is 18.0 Å². The van der Waals surface area contributed by atoms with E-state index in [0.717, 1.165) is 31.2 Å². The van der Waals surface area contributed by atoms with Gasteiger partial charge in [-0.2, -0.15) is 0 Å². The Morgan fingerprint density at radius 2 is 1.79 bits per heavy atom. The number of amides is 1. The highest BCUT2D eigenvalue weighted by Crippen LogP contribution is 2.36. The Labute approximate surface area is 191 Å². The van der Waals surface area contributed by atoms with Gasteiger partial charge in [-0.25, -0.2) is 4.79 Å². The van der Waals surface area contributed by atoms with Crippen LogP contribution in [0.15, 0.2) is 36.5 Å². The first-order chi connectivity index (χ1) is 15.5. The highest BCUT2D eigenvalue weighted by atomic mass is 19.4. The molecule has 0 unspecified atom stereocenters. The third kappa shape index (κ3) is 8.27. The smallest absolute Gasteiger partial charge is 0.444 e. The van der Waals surface area contributed by atoms with E-state index >= 15 is 0 Å². The number of hydrogen-bond donors (Lipinski definition) is 1. The van der Waals surface area contributed by atoms with Crippen molar-refractivity contribution in [3.05, 3.63) is 42.1 Å². The summed E-state index contributed by atoms with van der Waals surface area (Å²) < 4.78 is 55.0. The van der Waals surface area contributed by atoms with Crippen molar-refractivity contribution in [1.82, 2.24) is 9.78 Å². The van der Waals surface area contributed by atoms with E-state index in [2.05, 4.69) is 15.2 Å². The van der Waals surface area contributed by atoms with E-state index in [4.69, 9.17) is 9.47 Å². The van der Waals surface area contributed by atoms with Crippen molar-refractivity contribution in [1.29, 1.82) is 0 Å². The molecule has 1 aromatic carbocycles. The minimum Gasteiger partial charge on any atom is -0.444 e. The molecule has 2 aromatic rings. The number of anilines is 1. The first kappa shape index (κ1) is 24.9. The van der Waals surface area contributed by atoms with Gasteiger partial charge in [-0.1, -0.05) is 30.3 Å². The van der Waals surface area contributed by atoms with E-state index < -0.39 is 23.9 Å². The number of nitrogens with zero attached hydrogens (tertiary/aromatic N) is 2. The van der Waals surface area contributed by atoms with Crippen LogP contribution in [-0.4, -0.2) is 34.4 Å². The number of hydrogen-bond acceptors (Lipinski definition) is 5. The summed E-state index contributed by atoms with van der Waals surface area (Å²) >= 11 is 0. The van der Waals surface area contributed by atoms with Gasteiger partial charge in [-0.3, -0.25) is 10.00 Å². The first-order valence-electron chi connectivity index (χ1n) is 10.9. The Balaban J connectivity index is 1.57. The zero-order valence-electron chi connectivity index (χ0n) is 19.0. The van der Waals surface area contributed by atoms with Gasteiger partial charge in [0.05, 0.1) is 18.8 Å². The summed E-state index contributed by atoms with van der Waals surface area (Å²) in [5, 5.41) is 6.28. The standard InChI is InChI=1S/C23H30F3N3O4/c1-22(2,3)33-21(30)27-19-13-29(28-20(19)32-23(24,25)26)18-11-9-17(10-12-18)15-31-14-16-7-5-4-6-8-16/h4-8,13,17-18H,9-12,14-15H2,1-3H3,(H,27,30). The molecule has 0 saturated heterocycles. The van der Waals surface area contributed by atoms with Gasteiger partial charge in [0.2, 0.25) is 0 Å². The third-order valence-corrected chi connectivity index (χ3v) is 5.20. The summed E-state index contributed by atoms with van der Waals surface area (Å²) in [5.74, 6) is -0.326. The lowest BCUT2D eigenvalue weighted by Gasteiger charge is -2.28. The predicted molar refractivity (Wildman–Crippen MR) is 116 cm³/mol. The van der Waals surface area contributed by atoms with Gasteiger partial charge in [0.1, 0.15) is 11.3 Å². The van der Waals surface area contributed by atoms with Crippen LogP contribution in [0, 0.1) is 5.92 Å². The summed E-state index contributed by atoms with van der Waals surface area (Å²) in [6.07, 6.45) is -1.25. The molecule has 182 valence electrons. The van der Waals surface area contributed by atoms with Crippen LogP contribution in [0.25, 0.3) is 0 Å². The largest absolute Gasteiger partial charge is 0.574 e. The Bertz CT molecular complexity index is 902. The normalized spacial score (nSPS) is 19.2. The van der Waals surface area contributed by atoms with Gasteiger partial charge in [0, 0.05) is 6.61 Å². The number of ether oxygens (including phenoxy) is 3. The molecule has 1 aliphatic carbocycles. The SMILES string of the molecule is CC(C)(C)OC(=O)Nc1cn(C2CCC(COCc3ccccc3)CC2)nc1OC(F)(F)F. The molecule has 1 fully saturated rings. The van der Waals surface area contributed by atoms with Crippen molar-refractivity contribution in [2.24, 2.45) is 5.92 Å². The summed E-state index contributed by atoms with van der Waals surface area (Å²) in [4.78, 5) is 12.1. The summed E-state index contributed by atoms with van der Waals surface area (Å²) in [7, 11) is 0. The zero-order valence-corrected chi connectivity index (χ0v) is 19.0. The molecular weight excluding hydrogens is 439 g/mol. The molecule has 33 heavy (non-hydrogen) atoms. The molecule has 7 nitrogen and oxygen atoms in total. The lowest BCUT2D eigenvalue weighted by atomic mass is 9.86. The Hall–Kier alpha value is -2.75. The molecule has 0 spiro atoms. The van der Waals surface area contributed by atoms with Crippen LogP contribution < -0.4 is 10.1 Å². The predicted octanol–water partition coefficient (Wildman–Crippen LogP) is 6.08. The van der Waals surface area contributed by atoms with Crippen molar-refractivity contribution < 1.29 is 32.2 Å². The van der Waals surface area contributed by atoms with E-state index in [-0.39, 0.29) is 11.7 Å². The number of carbonyl (C=O) groups is 1. The van der Waals surface area contributed by atoms with Crippen LogP contribution in [0.5, 0.6) is 5.88 Å². The fourth-order valence-electron chi connectivity index (χ4n) is 3.74. The minimum absolute atomic E-state index is 0.0971. The maximum atomic E-state index is 12.8. The van der Waals surface area contributed by atoms with Gasteiger partial charge >= 0.3 is 12.5 Å². The fourth-order valence-corrected chi connectivity index (χ4v) is 3.74. The summed E-state index contributed by atoms with van der Waals surface area (Å²) in [6.45, 7) is 6.16. The molecule has 1 saturated carbocycles. The van der Waals surface area contributed by atoms with Crippen molar-refractivity contribution in [2.45, 2.75) is 71.1 Å². The maximum absolute atomic E-state index is 12.8. The zero-order chi connectivity index (χ0) is 24.1. The van der Waals surface area contributed by atoms with Crippen LogP contribution in [0.1, 0.15) is 58.1 Å². The van der Waals surface area contributed by atoms with Crippen molar-refractivity contribution in [3.63, 3.8) is 0 Å². The first-order valence-corrected chi connectivity index (χ1v) is 10.9. The number of halogens is 3. The average molecular weight is 470 g/mol. The van der Waals surface area contributed by atoms with E-state index in [1.54, 1.807) is 20.8 Å². The van der Waals surface area contributed by atoms with Crippen LogP contribution >= 0.6 is 0 Å². The maximum Gasteiger partial charge on any atom is 0.574 e. The van der Waals surface area contributed by atoms with Crippen LogP contribution in [-0.2, 0) is 16.1 Å². The van der Waals surface area contributed by atoms with Gasteiger partial charge in [-0.05, 0) is 57.9 Å². The average Bonchev–Trinajstić information content (AvgIpc) is 3.08. The van der Waals surface area contributed by atoms with Crippen LogP contribution in [0.3, 0.4) is 0 Å². The minimum atomic E-state index is -4.93. The number of rotatable bonds is 7. The topological polar surface area (TPSA) is 74.6 Å². The van der Waals surface area contributed by atoms with Gasteiger partial charge in [0.25, 0.3) is 5.88 Å². The molecule has 1 aromatic heterocycles. The number of carbonyl (C=O) groups excluding carboxylic acids is 1. The monoisotopic (exact) mass is 469 g/mol.